The molecule has 0 aliphatic heterocycles. The monoisotopic (exact) mass is 877 g/mol. The fourth-order valence-electron chi connectivity index (χ4n) is 7.05. The van der Waals surface area contributed by atoms with E-state index < -0.39 is 0 Å². The van der Waals surface area contributed by atoms with Crippen LogP contribution in [-0.2, 0) is 0 Å². The fraction of sp³-hybridized carbons (Fsp3) is 0.878. The molecule has 55 heavy (non-hydrogen) atoms. The van der Waals surface area contributed by atoms with E-state index in [1.807, 2.05) is 0 Å². The lowest BCUT2D eigenvalue weighted by molar-refractivity contribution is 0.419. The Labute approximate surface area is 372 Å². The fourth-order valence-corrected chi connectivity index (χ4v) is 19.3. The zero-order valence-electron chi connectivity index (χ0n) is 39.4. The topological polar surface area (TPSA) is 0 Å². The van der Waals surface area contributed by atoms with E-state index in [2.05, 4.69) is 185 Å². The summed E-state index contributed by atoms with van der Waals surface area (Å²) in [6, 6.07) is 0. The lowest BCUT2D eigenvalue weighted by atomic mass is 9.92. The second-order valence-electron chi connectivity index (χ2n) is 16.9. The minimum atomic E-state index is 0.759. The lowest BCUT2D eigenvalue weighted by Gasteiger charge is -2.29. The van der Waals surface area contributed by atoms with Crippen molar-refractivity contribution in [3.63, 3.8) is 0 Å². The molecule has 6 heteroatoms. The van der Waals surface area contributed by atoms with E-state index in [0.29, 0.717) is 0 Å². The van der Waals surface area contributed by atoms with E-state index in [0.717, 1.165) is 44.7 Å². The van der Waals surface area contributed by atoms with Gasteiger partial charge in [-0.1, -0.05) is 200 Å². The molecule has 0 bridgehead atoms. The molecule has 0 radical (unpaired) electrons. The first-order valence-corrected chi connectivity index (χ1v) is 30.5. The van der Waals surface area contributed by atoms with Gasteiger partial charge in [0, 0.05) is 21.0 Å². The number of hydrogen-bond donors (Lipinski definition) is 0. The van der Waals surface area contributed by atoms with E-state index in [4.69, 9.17) is 0 Å². The Kier molecular flexibility index (Phi) is 43.2. The van der Waals surface area contributed by atoms with E-state index >= 15 is 0 Å². The van der Waals surface area contributed by atoms with Gasteiger partial charge in [-0.15, -0.1) is 0 Å². The van der Waals surface area contributed by atoms with Crippen LogP contribution in [0.3, 0.4) is 0 Å². The summed E-state index contributed by atoms with van der Waals surface area (Å²) in [5.41, 5.74) is 4.69. The van der Waals surface area contributed by atoms with Crippen molar-refractivity contribution >= 4 is 62.8 Å². The average molecular weight is 878 g/mol. The van der Waals surface area contributed by atoms with Gasteiger partial charge in [-0.05, 0) is 154 Å². The molecule has 0 saturated heterocycles. The van der Waals surface area contributed by atoms with E-state index in [9.17, 15) is 0 Å². The van der Waals surface area contributed by atoms with Gasteiger partial charge in [0.25, 0.3) is 0 Å². The molecule has 0 aromatic carbocycles. The summed E-state index contributed by atoms with van der Waals surface area (Å²) in [5.74, 6) is 3.16. The standard InChI is InChI=1S/C42H82S6.C7H14/c1-13-19-26-34(8)29-31-41(35(9)22-15-3)45-48-46-42(36(10)23-16-4)32-30-38(12)40(25-18-6)44-47-43-39(24-17-5)37(11)28-20-27-33(7)21-14-2;1-4-6-7(3)5-2/h26-27,35-42H,13-25,28-32H2,1-12H3;6H,4-5H2,1-3H3/b33-27-,34-26-;7-6-. The van der Waals surface area contributed by atoms with Crippen LogP contribution in [0.1, 0.15) is 232 Å². The number of unbranched alkanes of at least 4 members (excludes halogenated alkanes) is 1. The Hall–Kier alpha value is 1.32. The van der Waals surface area contributed by atoms with E-state index in [1.165, 1.54) is 134 Å². The Morgan fingerprint density at radius 3 is 1.22 bits per heavy atom. The number of rotatable bonds is 35. The largest absolute Gasteiger partial charge is 0.0859 e. The molecule has 328 valence electrons. The van der Waals surface area contributed by atoms with Gasteiger partial charge in [-0.2, -0.15) is 0 Å². The van der Waals surface area contributed by atoms with E-state index in [-0.39, 0.29) is 0 Å². The van der Waals surface area contributed by atoms with Crippen LogP contribution in [0.4, 0.5) is 0 Å². The highest BCUT2D eigenvalue weighted by Gasteiger charge is 2.26. The average Bonchev–Trinajstić information content (AvgIpc) is 3.16. The maximum absolute atomic E-state index is 2.57. The lowest BCUT2D eigenvalue weighted by Crippen LogP contribution is -2.19. The Balaban J connectivity index is 0. The zero-order valence-corrected chi connectivity index (χ0v) is 44.3. The first kappa shape index (κ1) is 58.4. The van der Waals surface area contributed by atoms with Crippen molar-refractivity contribution in [2.75, 3.05) is 0 Å². The van der Waals surface area contributed by atoms with Crippen LogP contribution in [0, 0.1) is 23.7 Å². The zero-order chi connectivity index (χ0) is 41.9. The van der Waals surface area contributed by atoms with Crippen LogP contribution in [0.5, 0.6) is 0 Å². The Bertz CT molecular complexity index is 928. The quantitative estimate of drug-likeness (QED) is 0.0456. The summed E-state index contributed by atoms with van der Waals surface area (Å²) < 4.78 is 0. The summed E-state index contributed by atoms with van der Waals surface area (Å²) in [4.78, 5) is 0. The molecule has 0 N–H and O–H groups in total. The van der Waals surface area contributed by atoms with Gasteiger partial charge >= 0.3 is 0 Å². The smallest absolute Gasteiger partial charge is 0.0188 e. The molecule has 0 aromatic heterocycles. The second kappa shape index (κ2) is 40.7. The molecule has 0 saturated carbocycles. The third kappa shape index (κ3) is 32.7. The van der Waals surface area contributed by atoms with Gasteiger partial charge in [0.1, 0.15) is 0 Å². The van der Waals surface area contributed by atoms with Crippen LogP contribution in [0.15, 0.2) is 34.9 Å². The predicted molar refractivity (Wildman–Crippen MR) is 276 cm³/mol. The van der Waals surface area contributed by atoms with Crippen LogP contribution in [-0.4, -0.2) is 21.0 Å². The normalized spacial score (nSPS) is 17.2. The molecule has 0 aliphatic carbocycles. The first-order valence-electron chi connectivity index (χ1n) is 23.3. The van der Waals surface area contributed by atoms with Crippen LogP contribution in [0.2, 0.25) is 0 Å². The third-order valence-corrected chi connectivity index (χ3v) is 22.0. The van der Waals surface area contributed by atoms with Crippen LogP contribution in [0.25, 0.3) is 0 Å². The summed E-state index contributed by atoms with van der Waals surface area (Å²) in [7, 11) is 13.2. The second-order valence-corrected chi connectivity index (χ2v) is 25.9. The maximum Gasteiger partial charge on any atom is 0.0188 e. The van der Waals surface area contributed by atoms with Gasteiger partial charge in [0.15, 0.2) is 0 Å². The first-order chi connectivity index (χ1) is 26.4. The number of hydrogen-bond acceptors (Lipinski definition) is 6. The van der Waals surface area contributed by atoms with Crippen molar-refractivity contribution in [1.82, 2.24) is 0 Å². The molecule has 0 heterocycles. The summed E-state index contributed by atoms with van der Waals surface area (Å²) in [6.07, 6.45) is 33.2. The molecule has 0 fully saturated rings. The highest BCUT2D eigenvalue weighted by molar-refractivity contribution is 9.10. The molecule has 8 unspecified atom stereocenters. The summed E-state index contributed by atoms with van der Waals surface area (Å²) >= 11 is 0. The van der Waals surface area contributed by atoms with E-state index in [1.54, 1.807) is 11.1 Å². The van der Waals surface area contributed by atoms with Crippen molar-refractivity contribution in [3.05, 3.63) is 34.9 Å². The molecule has 0 aromatic rings. The van der Waals surface area contributed by atoms with Gasteiger partial charge < -0.3 is 0 Å². The molecule has 0 rings (SSSR count). The molecule has 8 atom stereocenters. The highest BCUT2D eigenvalue weighted by Crippen LogP contribution is 2.50. The predicted octanol–water partition coefficient (Wildman–Crippen LogP) is 20.9. The minimum Gasteiger partial charge on any atom is -0.0859 e. The highest BCUT2D eigenvalue weighted by atomic mass is 33.5. The van der Waals surface area contributed by atoms with Crippen molar-refractivity contribution in [2.45, 2.75) is 253 Å². The Morgan fingerprint density at radius 1 is 0.382 bits per heavy atom. The molecular formula is C49H96S6. The summed E-state index contributed by atoms with van der Waals surface area (Å²) in [5, 5.41) is 3.06. The number of allylic oxidation sites excluding steroid dienone is 6. The maximum atomic E-state index is 2.57. The van der Waals surface area contributed by atoms with Gasteiger partial charge in [0.05, 0.1) is 0 Å². The molecule has 0 aliphatic rings. The van der Waals surface area contributed by atoms with Crippen molar-refractivity contribution in [1.29, 1.82) is 0 Å². The van der Waals surface area contributed by atoms with Crippen molar-refractivity contribution < 1.29 is 0 Å². The molecule has 0 amide bonds. The van der Waals surface area contributed by atoms with Gasteiger partial charge in [0.2, 0.25) is 0 Å². The SMILES string of the molecule is CC/C=C(/C)CC.CCC/C=C(/C)CCC(SSSC(CCC(C)C(CCC)SSSC(CCC)C(C)CC/C=C(/C)CCC)C(C)CCC)C(C)CCC. The Morgan fingerprint density at radius 2 is 0.800 bits per heavy atom. The van der Waals surface area contributed by atoms with Crippen LogP contribution < -0.4 is 0 Å². The summed E-state index contributed by atoms with van der Waals surface area (Å²) in [6.45, 7) is 35.4. The van der Waals surface area contributed by atoms with Gasteiger partial charge in [-0.3, -0.25) is 0 Å². The third-order valence-electron chi connectivity index (χ3n) is 11.2. The minimum absolute atomic E-state index is 0.759. The molecule has 0 nitrogen and oxygen atoms in total. The van der Waals surface area contributed by atoms with Crippen LogP contribution >= 0.6 is 62.8 Å². The van der Waals surface area contributed by atoms with Gasteiger partial charge in [-0.25, -0.2) is 0 Å². The van der Waals surface area contributed by atoms with Crippen molar-refractivity contribution in [3.8, 4) is 0 Å². The molecule has 0 spiro atoms. The van der Waals surface area contributed by atoms with Crippen molar-refractivity contribution in [2.24, 2.45) is 23.7 Å². The molecular weight excluding hydrogens is 781 g/mol.